The first-order chi connectivity index (χ1) is 52.2. The van der Waals surface area contributed by atoms with Crippen molar-refractivity contribution in [3.63, 3.8) is 0 Å². The number of unbranched alkanes of at least 4 members (excludes halogenated alkanes) is 63. The number of ether oxygens (including phenoxy) is 4. The van der Waals surface area contributed by atoms with Crippen LogP contribution in [0.25, 0.3) is 0 Å². The minimum Gasteiger partial charge on any atom is -0.462 e. The molecule has 0 aliphatic carbocycles. The number of aliphatic hydroxyl groups excluding tert-OH is 1. The van der Waals surface area contributed by atoms with Gasteiger partial charge in [-0.05, 0) is 25.7 Å². The van der Waals surface area contributed by atoms with Crippen LogP contribution in [0.15, 0.2) is 0 Å². The average Bonchev–Trinajstić information content (AvgIpc) is 0.905. The third kappa shape index (κ3) is 81.9. The van der Waals surface area contributed by atoms with Crippen LogP contribution in [0, 0.1) is 0 Å². The second-order valence-corrected chi connectivity index (χ2v) is 34.5. The largest absolute Gasteiger partial charge is 0.472 e. The fourth-order valence-electron chi connectivity index (χ4n) is 13.9. The normalized spacial score (nSPS) is 13.7. The predicted molar refractivity (Wildman–Crippen MR) is 442 cm³/mol. The van der Waals surface area contributed by atoms with Crippen LogP contribution in [0.4, 0.5) is 0 Å². The monoisotopic (exact) mass is 1560 g/mol. The molecule has 0 heterocycles. The van der Waals surface area contributed by atoms with E-state index in [4.69, 9.17) is 37.0 Å². The lowest BCUT2D eigenvalue weighted by Gasteiger charge is -2.21. The predicted octanol–water partition coefficient (Wildman–Crippen LogP) is 27.3. The number of phosphoric ester groups is 2. The quantitative estimate of drug-likeness (QED) is 0.0222. The number of aliphatic hydroxyl groups is 1. The van der Waals surface area contributed by atoms with Crippen LogP contribution in [0.3, 0.4) is 0 Å². The van der Waals surface area contributed by atoms with Crippen molar-refractivity contribution in [2.45, 2.75) is 502 Å². The van der Waals surface area contributed by atoms with Gasteiger partial charge in [-0.3, -0.25) is 37.3 Å². The molecule has 0 aliphatic rings. The molecule has 2 unspecified atom stereocenters. The van der Waals surface area contributed by atoms with E-state index in [0.29, 0.717) is 25.7 Å². The summed E-state index contributed by atoms with van der Waals surface area (Å²) in [6.07, 6.45) is 77.9. The highest BCUT2D eigenvalue weighted by atomic mass is 31.2. The fraction of sp³-hybridized carbons (Fsp3) is 0.955. The Balaban J connectivity index is 5.19. The number of hydrogen-bond donors (Lipinski definition) is 3. The Morgan fingerprint density at radius 3 is 0.551 bits per heavy atom. The van der Waals surface area contributed by atoms with E-state index in [1.54, 1.807) is 0 Å². The molecule has 0 bridgehead atoms. The van der Waals surface area contributed by atoms with E-state index >= 15 is 0 Å². The maximum absolute atomic E-state index is 13.2. The summed E-state index contributed by atoms with van der Waals surface area (Å²) in [5.41, 5.74) is 0. The maximum atomic E-state index is 13.2. The first-order valence-electron chi connectivity index (χ1n) is 45.8. The maximum Gasteiger partial charge on any atom is 0.472 e. The Bertz CT molecular complexity index is 2020. The molecule has 0 saturated heterocycles. The third-order valence-electron chi connectivity index (χ3n) is 20.9. The molecule has 0 aliphatic heterocycles. The molecular formula is C88H172O17P2. The Hall–Kier alpha value is -1.94. The molecule has 636 valence electrons. The third-order valence-corrected chi connectivity index (χ3v) is 22.8. The van der Waals surface area contributed by atoms with Crippen molar-refractivity contribution in [2.75, 3.05) is 39.6 Å². The zero-order chi connectivity index (χ0) is 78.1. The van der Waals surface area contributed by atoms with Gasteiger partial charge in [-0.15, -0.1) is 0 Å². The highest BCUT2D eigenvalue weighted by Crippen LogP contribution is 2.45. The summed E-state index contributed by atoms with van der Waals surface area (Å²) < 4.78 is 68.9. The molecule has 0 saturated carbocycles. The van der Waals surface area contributed by atoms with Crippen molar-refractivity contribution in [1.82, 2.24) is 0 Å². The standard InChI is InChI=1S/C88H172O17P2/c1-5-9-13-17-21-25-28-31-34-37-39-41-43-46-49-52-55-59-63-67-71-75-88(93)105-84(79-99-86(91)73-69-65-61-57-53-50-47-45-42-40-38-35-32-29-26-22-18-14-10-6-2)81-103-107(96,97)101-77-82(89)76-100-106(94,95)102-80-83(78-98-85(90)72-68-64-60-56-24-20-16-12-8-4)104-87(92)74-70-66-62-58-54-51-48-44-36-33-30-27-23-19-15-11-7-3/h82-84,89H,5-81H2,1-4H3,(H,94,95)(H,96,97)/t82-,83+,84+/m0/s1. The van der Waals surface area contributed by atoms with Gasteiger partial charge in [0.1, 0.15) is 19.3 Å². The van der Waals surface area contributed by atoms with Gasteiger partial charge in [0.15, 0.2) is 12.2 Å². The van der Waals surface area contributed by atoms with Crippen LogP contribution in [-0.4, -0.2) is 96.7 Å². The van der Waals surface area contributed by atoms with Crippen molar-refractivity contribution < 1.29 is 80.2 Å². The van der Waals surface area contributed by atoms with Gasteiger partial charge >= 0.3 is 39.5 Å². The van der Waals surface area contributed by atoms with Gasteiger partial charge < -0.3 is 33.8 Å². The van der Waals surface area contributed by atoms with Crippen LogP contribution < -0.4 is 0 Å². The molecule has 19 heteroatoms. The van der Waals surface area contributed by atoms with Gasteiger partial charge in [0.25, 0.3) is 0 Å². The molecule has 0 rings (SSSR count). The van der Waals surface area contributed by atoms with Crippen LogP contribution in [0.1, 0.15) is 484 Å². The highest BCUT2D eigenvalue weighted by Gasteiger charge is 2.30. The van der Waals surface area contributed by atoms with Crippen LogP contribution in [-0.2, 0) is 65.4 Å². The molecule has 0 aromatic rings. The Labute approximate surface area is 658 Å². The molecule has 107 heavy (non-hydrogen) atoms. The summed E-state index contributed by atoms with van der Waals surface area (Å²) in [5.74, 6) is -2.10. The van der Waals surface area contributed by atoms with Crippen molar-refractivity contribution >= 4 is 39.5 Å². The smallest absolute Gasteiger partial charge is 0.462 e. The van der Waals surface area contributed by atoms with E-state index < -0.39 is 97.5 Å². The summed E-state index contributed by atoms with van der Waals surface area (Å²) >= 11 is 0. The van der Waals surface area contributed by atoms with Crippen molar-refractivity contribution in [1.29, 1.82) is 0 Å². The van der Waals surface area contributed by atoms with Crippen LogP contribution in [0.2, 0.25) is 0 Å². The number of carbonyl (C=O) groups is 4. The minimum atomic E-state index is -4.97. The zero-order valence-corrected chi connectivity index (χ0v) is 71.9. The first-order valence-corrected chi connectivity index (χ1v) is 48.8. The number of carbonyl (C=O) groups excluding carboxylic acids is 4. The Morgan fingerprint density at radius 2 is 0.374 bits per heavy atom. The molecule has 0 amide bonds. The molecular weight excluding hydrogens is 1390 g/mol. The van der Waals surface area contributed by atoms with Gasteiger partial charge in [0, 0.05) is 25.7 Å². The van der Waals surface area contributed by atoms with Crippen LogP contribution in [0.5, 0.6) is 0 Å². The molecule has 0 fully saturated rings. The van der Waals surface area contributed by atoms with E-state index in [9.17, 15) is 43.2 Å². The van der Waals surface area contributed by atoms with Crippen molar-refractivity contribution in [2.24, 2.45) is 0 Å². The molecule has 0 aromatic carbocycles. The lowest BCUT2D eigenvalue weighted by Crippen LogP contribution is -2.30. The van der Waals surface area contributed by atoms with Crippen LogP contribution >= 0.6 is 15.6 Å². The number of rotatable bonds is 89. The number of hydrogen-bond acceptors (Lipinski definition) is 15. The minimum absolute atomic E-state index is 0.109. The van der Waals surface area contributed by atoms with Gasteiger partial charge in [-0.1, -0.05) is 432 Å². The van der Waals surface area contributed by atoms with Gasteiger partial charge in [0.05, 0.1) is 26.4 Å². The SMILES string of the molecule is CCCCCCCCCCCCCCCCCCCCCCCC(=O)O[C@H](COC(=O)CCCCCCCCCCCCCCCCCCCCCC)COP(=O)(O)OC[C@@H](O)COP(=O)(O)OC[C@@H](COC(=O)CCCCCCCCCCC)OC(=O)CCCCCCCCCCCCCCCCCCC. The Morgan fingerprint density at radius 1 is 0.224 bits per heavy atom. The zero-order valence-electron chi connectivity index (χ0n) is 70.1. The molecule has 0 aromatic heterocycles. The van der Waals surface area contributed by atoms with Gasteiger partial charge in [-0.25, -0.2) is 9.13 Å². The van der Waals surface area contributed by atoms with E-state index in [1.807, 2.05) is 0 Å². The summed E-state index contributed by atoms with van der Waals surface area (Å²) in [7, 11) is -9.93. The van der Waals surface area contributed by atoms with Crippen molar-refractivity contribution in [3.05, 3.63) is 0 Å². The Kier molecular flexibility index (Phi) is 80.6. The molecule has 17 nitrogen and oxygen atoms in total. The second-order valence-electron chi connectivity index (χ2n) is 31.6. The molecule has 0 spiro atoms. The van der Waals surface area contributed by atoms with E-state index in [1.165, 1.54) is 315 Å². The summed E-state index contributed by atoms with van der Waals surface area (Å²) in [5, 5.41) is 10.7. The highest BCUT2D eigenvalue weighted by molar-refractivity contribution is 7.47. The van der Waals surface area contributed by atoms with Crippen molar-refractivity contribution in [3.8, 4) is 0 Å². The molecule has 3 N–H and O–H groups in total. The lowest BCUT2D eigenvalue weighted by atomic mass is 10.0. The van der Waals surface area contributed by atoms with E-state index in [-0.39, 0.29) is 25.7 Å². The van der Waals surface area contributed by atoms with Gasteiger partial charge in [-0.2, -0.15) is 0 Å². The van der Waals surface area contributed by atoms with E-state index in [2.05, 4.69) is 27.7 Å². The fourth-order valence-corrected chi connectivity index (χ4v) is 15.5. The van der Waals surface area contributed by atoms with E-state index in [0.717, 1.165) is 89.9 Å². The topological polar surface area (TPSA) is 237 Å². The second kappa shape index (κ2) is 82.1. The summed E-state index contributed by atoms with van der Waals surface area (Å²) in [6.45, 7) is 5.05. The van der Waals surface area contributed by atoms with Gasteiger partial charge in [0.2, 0.25) is 0 Å². The lowest BCUT2D eigenvalue weighted by molar-refractivity contribution is -0.161. The summed E-state index contributed by atoms with van der Waals surface area (Å²) in [4.78, 5) is 73.2. The first kappa shape index (κ1) is 105. The summed E-state index contributed by atoms with van der Waals surface area (Å²) in [6, 6.07) is 0. The number of esters is 4. The molecule has 0 radical (unpaired) electrons. The number of phosphoric acid groups is 2. The molecule has 5 atom stereocenters. The average molecular weight is 1560 g/mol.